The molecule has 310 valence electrons. The molecule has 0 saturated carbocycles. The number of nitrogens with zero attached hydrogens (tertiary/aromatic N) is 1. The Morgan fingerprint density at radius 3 is 1.31 bits per heavy atom. The van der Waals surface area contributed by atoms with E-state index in [1.165, 1.54) is 148 Å². The molecular formula is C44H88NO6P. The van der Waals surface area contributed by atoms with Crippen LogP contribution in [0.25, 0.3) is 0 Å². The zero-order valence-corrected chi connectivity index (χ0v) is 36.2. The monoisotopic (exact) mass is 758 g/mol. The van der Waals surface area contributed by atoms with Gasteiger partial charge in [-0.1, -0.05) is 154 Å². The third-order valence-corrected chi connectivity index (χ3v) is 10.5. The van der Waals surface area contributed by atoms with Crippen LogP contribution in [0.15, 0.2) is 24.3 Å². The zero-order valence-electron chi connectivity index (χ0n) is 35.3. The van der Waals surface area contributed by atoms with Crippen LogP contribution < -0.4 is 4.89 Å². The number of hydrogen-bond donors (Lipinski definition) is 0. The molecule has 2 atom stereocenters. The summed E-state index contributed by atoms with van der Waals surface area (Å²) < 4.78 is 35.3. The van der Waals surface area contributed by atoms with Crippen molar-refractivity contribution in [2.75, 3.05) is 60.7 Å². The van der Waals surface area contributed by atoms with Crippen LogP contribution in [0, 0.1) is 0 Å². The Balaban J connectivity index is 4.12. The first-order valence-electron chi connectivity index (χ1n) is 22.1. The number of rotatable bonds is 42. The molecule has 0 amide bonds. The van der Waals surface area contributed by atoms with Gasteiger partial charge in [0, 0.05) is 13.2 Å². The molecule has 52 heavy (non-hydrogen) atoms. The van der Waals surface area contributed by atoms with Crippen LogP contribution in [0.1, 0.15) is 194 Å². The van der Waals surface area contributed by atoms with Gasteiger partial charge < -0.3 is 27.9 Å². The minimum absolute atomic E-state index is 0.0811. The molecule has 0 rings (SSSR count). The van der Waals surface area contributed by atoms with E-state index in [2.05, 4.69) is 38.2 Å². The fraction of sp³-hybridized carbons (Fsp3) is 0.909. The second kappa shape index (κ2) is 38.7. The molecule has 0 spiro atoms. The van der Waals surface area contributed by atoms with Crippen molar-refractivity contribution in [3.63, 3.8) is 0 Å². The van der Waals surface area contributed by atoms with E-state index in [9.17, 15) is 9.46 Å². The largest absolute Gasteiger partial charge is 0.756 e. The number of hydrogen-bond acceptors (Lipinski definition) is 6. The fourth-order valence-corrected chi connectivity index (χ4v) is 6.78. The molecule has 0 aromatic heterocycles. The van der Waals surface area contributed by atoms with Crippen LogP contribution in [-0.2, 0) is 23.1 Å². The Labute approximate surface area is 324 Å². The summed E-state index contributed by atoms with van der Waals surface area (Å²) in [5.74, 6) is 0. The van der Waals surface area contributed by atoms with Crippen molar-refractivity contribution in [2.24, 2.45) is 0 Å². The van der Waals surface area contributed by atoms with Gasteiger partial charge in [-0.25, -0.2) is 0 Å². The van der Waals surface area contributed by atoms with E-state index in [-0.39, 0.29) is 13.2 Å². The highest BCUT2D eigenvalue weighted by Crippen LogP contribution is 2.38. The Morgan fingerprint density at radius 2 is 0.885 bits per heavy atom. The summed E-state index contributed by atoms with van der Waals surface area (Å²) in [5.41, 5.74) is 0. The molecule has 0 saturated heterocycles. The summed E-state index contributed by atoms with van der Waals surface area (Å²) in [6.07, 6.45) is 44.7. The van der Waals surface area contributed by atoms with Crippen molar-refractivity contribution in [1.82, 2.24) is 0 Å². The summed E-state index contributed by atoms with van der Waals surface area (Å²) in [4.78, 5) is 12.4. The molecule has 0 fully saturated rings. The quantitative estimate of drug-likeness (QED) is 0.0267. The van der Waals surface area contributed by atoms with Crippen molar-refractivity contribution < 1.29 is 32.5 Å². The predicted octanol–water partition coefficient (Wildman–Crippen LogP) is 12.7. The summed E-state index contributed by atoms with van der Waals surface area (Å²) in [5, 5.41) is 0. The lowest BCUT2D eigenvalue weighted by molar-refractivity contribution is -0.870. The second-order valence-electron chi connectivity index (χ2n) is 16.0. The number of phosphoric ester groups is 1. The minimum atomic E-state index is -4.39. The lowest BCUT2D eigenvalue weighted by Crippen LogP contribution is -2.37. The lowest BCUT2D eigenvalue weighted by atomic mass is 10.1. The lowest BCUT2D eigenvalue weighted by Gasteiger charge is -2.28. The van der Waals surface area contributed by atoms with E-state index in [0.29, 0.717) is 30.8 Å². The number of unbranched alkanes of at least 4 members (excludes halogenated alkanes) is 24. The van der Waals surface area contributed by atoms with Crippen molar-refractivity contribution in [3.05, 3.63) is 24.3 Å². The third-order valence-electron chi connectivity index (χ3n) is 9.54. The fourth-order valence-electron chi connectivity index (χ4n) is 6.05. The third kappa shape index (κ3) is 42.2. The highest BCUT2D eigenvalue weighted by molar-refractivity contribution is 7.45. The smallest absolute Gasteiger partial charge is 0.268 e. The molecule has 0 aromatic rings. The average Bonchev–Trinajstić information content (AvgIpc) is 3.10. The average molecular weight is 758 g/mol. The predicted molar refractivity (Wildman–Crippen MR) is 222 cm³/mol. The Kier molecular flexibility index (Phi) is 38.3. The minimum Gasteiger partial charge on any atom is -0.756 e. The van der Waals surface area contributed by atoms with Crippen molar-refractivity contribution in [2.45, 2.75) is 200 Å². The first-order valence-corrected chi connectivity index (χ1v) is 23.6. The molecule has 0 N–H and O–H groups in total. The maximum atomic E-state index is 12.4. The van der Waals surface area contributed by atoms with Gasteiger partial charge in [-0.3, -0.25) is 4.57 Å². The van der Waals surface area contributed by atoms with Crippen LogP contribution in [0.3, 0.4) is 0 Å². The van der Waals surface area contributed by atoms with E-state index >= 15 is 0 Å². The highest BCUT2D eigenvalue weighted by atomic mass is 31.2. The first-order chi connectivity index (χ1) is 25.2. The van der Waals surface area contributed by atoms with Crippen LogP contribution in [0.4, 0.5) is 0 Å². The Bertz CT molecular complexity index is 830. The second-order valence-corrected chi connectivity index (χ2v) is 17.4. The SMILES string of the molecule is CCCCCCCC/C=C\CCCCCCCCOC[C@@H](COP(=O)([O-])OCC[N+](C)(C)C)OCCCCCC/C=C\CCCCCCCCCC. The normalized spacial score (nSPS) is 14.2. The molecule has 7 nitrogen and oxygen atoms in total. The van der Waals surface area contributed by atoms with Gasteiger partial charge in [0.15, 0.2) is 0 Å². The highest BCUT2D eigenvalue weighted by Gasteiger charge is 2.18. The molecule has 0 heterocycles. The van der Waals surface area contributed by atoms with Crippen molar-refractivity contribution >= 4 is 7.82 Å². The Morgan fingerprint density at radius 1 is 0.500 bits per heavy atom. The van der Waals surface area contributed by atoms with Gasteiger partial charge in [-0.15, -0.1) is 0 Å². The van der Waals surface area contributed by atoms with Gasteiger partial charge in [0.2, 0.25) is 0 Å². The molecule has 0 aliphatic carbocycles. The van der Waals surface area contributed by atoms with Crippen LogP contribution in [0.5, 0.6) is 0 Å². The first kappa shape index (κ1) is 51.5. The number of likely N-dealkylation sites (N-methyl/N-ethyl adjacent to an activating group) is 1. The molecule has 8 heteroatoms. The summed E-state index contributed by atoms with van der Waals surface area (Å²) in [6.45, 7) is 6.69. The van der Waals surface area contributed by atoms with E-state index in [1.807, 2.05) is 21.1 Å². The van der Waals surface area contributed by atoms with Crippen LogP contribution >= 0.6 is 7.82 Å². The standard InChI is InChI=1S/C44H88NO6P/c1-6-8-10-12-14-16-18-20-22-24-26-28-30-32-34-36-39-48-42-44(43-51-52(46,47)50-41-38-45(3,4)5)49-40-37-35-33-31-29-27-25-23-21-19-17-15-13-11-9-7-2/h20,22,25,27,44H,6-19,21,23-24,26,28-43H2,1-5H3/b22-20-,27-25-/t44-/m0/s1. The Hall–Kier alpha value is -0.530. The van der Waals surface area contributed by atoms with E-state index in [4.69, 9.17) is 18.5 Å². The van der Waals surface area contributed by atoms with E-state index in [0.717, 1.165) is 32.1 Å². The maximum Gasteiger partial charge on any atom is 0.268 e. The van der Waals surface area contributed by atoms with Gasteiger partial charge in [-0.2, -0.15) is 0 Å². The van der Waals surface area contributed by atoms with Gasteiger partial charge in [0.1, 0.15) is 19.3 Å². The number of phosphoric acid groups is 1. The topological polar surface area (TPSA) is 77.1 Å². The van der Waals surface area contributed by atoms with Gasteiger partial charge >= 0.3 is 0 Å². The van der Waals surface area contributed by atoms with Crippen LogP contribution in [-0.4, -0.2) is 71.3 Å². The molecule has 0 aliphatic rings. The maximum absolute atomic E-state index is 12.4. The number of allylic oxidation sites excluding steroid dienone is 4. The molecular weight excluding hydrogens is 669 g/mol. The van der Waals surface area contributed by atoms with Gasteiger partial charge in [-0.05, 0) is 64.2 Å². The van der Waals surface area contributed by atoms with Crippen molar-refractivity contribution in [1.29, 1.82) is 0 Å². The van der Waals surface area contributed by atoms with Gasteiger partial charge in [0.25, 0.3) is 7.82 Å². The van der Waals surface area contributed by atoms with Crippen LogP contribution in [0.2, 0.25) is 0 Å². The van der Waals surface area contributed by atoms with Crippen molar-refractivity contribution in [3.8, 4) is 0 Å². The molecule has 1 unspecified atom stereocenters. The summed E-state index contributed by atoms with van der Waals surface area (Å²) >= 11 is 0. The zero-order chi connectivity index (χ0) is 38.3. The molecule has 0 bridgehead atoms. The molecule has 0 aliphatic heterocycles. The summed E-state index contributed by atoms with van der Waals surface area (Å²) in [7, 11) is 1.59. The van der Waals surface area contributed by atoms with E-state index < -0.39 is 13.9 Å². The number of quaternary nitrogens is 1. The number of ether oxygens (including phenoxy) is 2. The molecule has 0 radical (unpaired) electrons. The summed E-state index contributed by atoms with van der Waals surface area (Å²) in [6, 6.07) is 0. The van der Waals surface area contributed by atoms with E-state index in [1.54, 1.807) is 0 Å². The van der Waals surface area contributed by atoms with Gasteiger partial charge in [0.05, 0.1) is 34.4 Å². The molecule has 0 aromatic carbocycles.